The minimum atomic E-state index is -1.17. The van der Waals surface area contributed by atoms with Gasteiger partial charge in [0, 0.05) is 6.21 Å². The van der Waals surface area contributed by atoms with Crippen molar-refractivity contribution in [1.82, 2.24) is 0 Å². The molecule has 0 heterocycles. The fraction of sp³-hybridized carbons (Fsp3) is 0.231. The number of aliphatic hydroxyl groups is 1. The molecule has 0 aliphatic heterocycles. The van der Waals surface area contributed by atoms with Gasteiger partial charge in [-0.15, -0.1) is 0 Å². The molecule has 0 amide bonds. The number of carbonyl (C=O) groups excluding carboxylic acids is 1. The first kappa shape index (κ1) is 15.6. The molecule has 20 heavy (non-hydrogen) atoms. The first-order valence-corrected chi connectivity index (χ1v) is 5.61. The van der Waals surface area contributed by atoms with Crippen molar-refractivity contribution in [3.63, 3.8) is 0 Å². The topological polar surface area (TPSA) is 79.6 Å². The summed E-state index contributed by atoms with van der Waals surface area (Å²) in [6.07, 6.45) is 0.530. The van der Waals surface area contributed by atoms with Crippen LogP contribution in [-0.4, -0.2) is 31.0 Å². The van der Waals surface area contributed by atoms with Crippen LogP contribution in [-0.2, 0) is 9.53 Å². The Labute approximate surface area is 113 Å². The van der Waals surface area contributed by atoms with Crippen LogP contribution in [0.25, 0.3) is 5.76 Å². The fourth-order valence-electron chi connectivity index (χ4n) is 1.48. The number of esters is 1. The third-order valence-corrected chi connectivity index (χ3v) is 2.40. The number of nitrogens with one attached hydrogen (secondary N) is 1. The van der Waals surface area contributed by atoms with E-state index in [1.807, 2.05) is 0 Å². The molecule has 0 saturated carbocycles. The molecular formula is C13H13F2NO4. The van der Waals surface area contributed by atoms with Gasteiger partial charge in [0.1, 0.15) is 11.3 Å². The van der Waals surface area contributed by atoms with E-state index >= 15 is 0 Å². The quantitative estimate of drug-likeness (QED) is 0.377. The molecule has 0 aromatic heterocycles. The lowest BCUT2D eigenvalue weighted by Crippen LogP contribution is -2.11. The summed E-state index contributed by atoms with van der Waals surface area (Å²) in [5, 5.41) is 17.0. The molecule has 0 aliphatic carbocycles. The average Bonchev–Trinajstić information content (AvgIpc) is 2.40. The van der Waals surface area contributed by atoms with Gasteiger partial charge in [-0.1, -0.05) is 0 Å². The van der Waals surface area contributed by atoms with Crippen LogP contribution in [0, 0.1) is 17.0 Å². The Morgan fingerprint density at radius 2 is 2.10 bits per heavy atom. The second-order valence-corrected chi connectivity index (χ2v) is 3.57. The third-order valence-electron chi connectivity index (χ3n) is 2.40. The molecule has 1 aromatic carbocycles. The highest BCUT2D eigenvalue weighted by Crippen LogP contribution is 2.28. The largest absolute Gasteiger partial charge is 0.506 e. The van der Waals surface area contributed by atoms with Gasteiger partial charge in [0.05, 0.1) is 19.3 Å². The maximum atomic E-state index is 13.9. The lowest BCUT2D eigenvalue weighted by molar-refractivity contribution is -0.137. The molecule has 5 nitrogen and oxygen atoms in total. The molecule has 0 aliphatic rings. The average molecular weight is 285 g/mol. The summed E-state index contributed by atoms with van der Waals surface area (Å²) in [4.78, 5) is 11.5. The van der Waals surface area contributed by atoms with Gasteiger partial charge >= 0.3 is 5.97 Å². The number of rotatable bonds is 5. The molecule has 1 aromatic rings. The first-order chi connectivity index (χ1) is 9.47. The highest BCUT2D eigenvalue weighted by Gasteiger charge is 2.22. The molecule has 2 N–H and O–H groups in total. The summed E-state index contributed by atoms with van der Waals surface area (Å²) in [5.41, 5.74) is -1.01. The van der Waals surface area contributed by atoms with Crippen LogP contribution in [0.1, 0.15) is 12.5 Å². The van der Waals surface area contributed by atoms with Crippen LogP contribution in [0.2, 0.25) is 0 Å². The van der Waals surface area contributed by atoms with Gasteiger partial charge in [0.25, 0.3) is 0 Å². The van der Waals surface area contributed by atoms with Gasteiger partial charge < -0.3 is 20.0 Å². The number of ether oxygens (including phenoxy) is 2. The van der Waals surface area contributed by atoms with Crippen molar-refractivity contribution >= 4 is 17.9 Å². The molecule has 108 valence electrons. The standard InChI is InChI=1S/C13H13F2NO4/c1-3-20-13(18)8(6-16)11(17)7-4-5-9(14)12(19-2)10(7)15/h4-6,16-17H,3H2,1-2H3. The highest BCUT2D eigenvalue weighted by molar-refractivity contribution is 6.14. The number of benzene rings is 1. The Balaban J connectivity index is 3.42. The van der Waals surface area contributed by atoms with E-state index < -0.39 is 40.2 Å². The van der Waals surface area contributed by atoms with E-state index in [2.05, 4.69) is 9.47 Å². The normalized spacial score (nSPS) is 11.6. The predicted molar refractivity (Wildman–Crippen MR) is 67.9 cm³/mol. The van der Waals surface area contributed by atoms with E-state index in [1.165, 1.54) is 6.92 Å². The SMILES string of the molecule is CCOC(=O)C(C=N)=C(O)c1ccc(F)c(OC)c1F. The zero-order valence-electron chi connectivity index (χ0n) is 10.9. The second-order valence-electron chi connectivity index (χ2n) is 3.57. The Morgan fingerprint density at radius 1 is 1.45 bits per heavy atom. The van der Waals surface area contributed by atoms with Crippen LogP contribution in [0.5, 0.6) is 5.75 Å². The van der Waals surface area contributed by atoms with Crippen molar-refractivity contribution in [2.75, 3.05) is 13.7 Å². The van der Waals surface area contributed by atoms with Gasteiger partial charge in [-0.3, -0.25) is 0 Å². The van der Waals surface area contributed by atoms with Crippen LogP contribution < -0.4 is 4.74 Å². The number of hydrogen-bond donors (Lipinski definition) is 2. The summed E-state index contributed by atoms with van der Waals surface area (Å²) in [6.45, 7) is 1.57. The maximum absolute atomic E-state index is 13.9. The smallest absolute Gasteiger partial charge is 0.343 e. The minimum absolute atomic E-state index is 0.0265. The van der Waals surface area contributed by atoms with Gasteiger partial charge in [-0.2, -0.15) is 0 Å². The number of hydrogen-bond acceptors (Lipinski definition) is 5. The zero-order chi connectivity index (χ0) is 15.3. The fourth-order valence-corrected chi connectivity index (χ4v) is 1.48. The summed E-state index contributed by atoms with van der Waals surface area (Å²) in [6, 6.07) is 1.81. The lowest BCUT2D eigenvalue weighted by atomic mass is 10.1. The highest BCUT2D eigenvalue weighted by atomic mass is 19.1. The summed E-state index contributed by atoms with van der Waals surface area (Å²) in [7, 11) is 1.06. The van der Waals surface area contributed by atoms with Crippen molar-refractivity contribution in [2.45, 2.75) is 6.92 Å². The van der Waals surface area contributed by atoms with E-state index in [-0.39, 0.29) is 6.61 Å². The van der Waals surface area contributed by atoms with Crippen molar-refractivity contribution in [3.05, 3.63) is 34.9 Å². The molecule has 0 spiro atoms. The van der Waals surface area contributed by atoms with Crippen LogP contribution >= 0.6 is 0 Å². The molecular weight excluding hydrogens is 272 g/mol. The Bertz CT molecular complexity index is 570. The van der Waals surface area contributed by atoms with E-state index in [0.717, 1.165) is 19.2 Å². The predicted octanol–water partition coefficient (Wildman–Crippen LogP) is 2.46. The zero-order valence-corrected chi connectivity index (χ0v) is 10.9. The van der Waals surface area contributed by atoms with Crippen LogP contribution in [0.15, 0.2) is 17.7 Å². The Hall–Kier alpha value is -2.44. The molecule has 0 bridgehead atoms. The van der Waals surface area contributed by atoms with Crippen LogP contribution in [0.4, 0.5) is 8.78 Å². The van der Waals surface area contributed by atoms with E-state index in [4.69, 9.17) is 5.41 Å². The van der Waals surface area contributed by atoms with Crippen molar-refractivity contribution in [1.29, 1.82) is 5.41 Å². The molecule has 0 unspecified atom stereocenters. The van der Waals surface area contributed by atoms with Gasteiger partial charge in [0.15, 0.2) is 17.4 Å². The van der Waals surface area contributed by atoms with Gasteiger partial charge in [-0.25, -0.2) is 13.6 Å². The molecule has 0 saturated heterocycles. The number of halogens is 2. The number of carbonyl (C=O) groups is 1. The van der Waals surface area contributed by atoms with Crippen molar-refractivity contribution < 1.29 is 28.2 Å². The van der Waals surface area contributed by atoms with Gasteiger partial charge in [0.2, 0.25) is 0 Å². The van der Waals surface area contributed by atoms with E-state index in [0.29, 0.717) is 6.21 Å². The summed E-state index contributed by atoms with van der Waals surface area (Å²) in [5.74, 6) is -4.62. The molecule has 0 atom stereocenters. The Kier molecular flexibility index (Phi) is 5.19. The minimum Gasteiger partial charge on any atom is -0.506 e. The monoisotopic (exact) mass is 285 g/mol. The van der Waals surface area contributed by atoms with Crippen LogP contribution in [0.3, 0.4) is 0 Å². The molecule has 0 radical (unpaired) electrons. The third kappa shape index (κ3) is 2.93. The molecule has 7 heteroatoms. The van der Waals surface area contributed by atoms with E-state index in [1.54, 1.807) is 0 Å². The summed E-state index contributed by atoms with van der Waals surface area (Å²) < 4.78 is 36.4. The number of methoxy groups -OCH3 is 1. The van der Waals surface area contributed by atoms with Crippen molar-refractivity contribution in [3.8, 4) is 5.75 Å². The molecule has 1 rings (SSSR count). The first-order valence-electron chi connectivity index (χ1n) is 5.61. The second kappa shape index (κ2) is 6.65. The van der Waals surface area contributed by atoms with Gasteiger partial charge in [-0.05, 0) is 19.1 Å². The maximum Gasteiger partial charge on any atom is 0.343 e. The molecule has 0 fully saturated rings. The Morgan fingerprint density at radius 3 is 2.60 bits per heavy atom. The number of aliphatic hydroxyl groups excluding tert-OH is 1. The lowest BCUT2D eigenvalue weighted by Gasteiger charge is -2.10. The van der Waals surface area contributed by atoms with Crippen molar-refractivity contribution in [2.24, 2.45) is 0 Å². The van der Waals surface area contributed by atoms with E-state index in [9.17, 15) is 18.7 Å². The summed E-state index contributed by atoms with van der Waals surface area (Å²) >= 11 is 0.